The molecule has 0 aliphatic rings. The summed E-state index contributed by atoms with van der Waals surface area (Å²) in [6.07, 6.45) is 9.47. The molecule has 0 fully saturated rings. The number of allylic oxidation sites excluding steroid dienone is 4. The standard InChI is InChI=1S/C20H29NO4/c1-15(17(3)23)13-19(14-16(2)18(4)24)21-20(25)11-9-7-5-6-8-10-12-22/h12-14H,1,5-11H2,2-4H3,(H,21,25)/b16-14+,19-13+. The predicted molar refractivity (Wildman–Crippen MR) is 98.9 cm³/mol. The van der Waals surface area contributed by atoms with Crippen molar-refractivity contribution in [1.82, 2.24) is 5.32 Å². The first-order chi connectivity index (χ1) is 11.8. The summed E-state index contributed by atoms with van der Waals surface area (Å²) in [4.78, 5) is 45.0. The maximum Gasteiger partial charge on any atom is 0.224 e. The van der Waals surface area contributed by atoms with Gasteiger partial charge in [-0.1, -0.05) is 25.8 Å². The van der Waals surface area contributed by atoms with Crippen LogP contribution in [-0.4, -0.2) is 23.8 Å². The molecule has 1 amide bonds. The van der Waals surface area contributed by atoms with Gasteiger partial charge in [0, 0.05) is 24.1 Å². The number of hydrogen-bond donors (Lipinski definition) is 1. The molecule has 0 rings (SSSR count). The van der Waals surface area contributed by atoms with Gasteiger partial charge in [0.05, 0.1) is 0 Å². The molecule has 0 bridgehead atoms. The highest BCUT2D eigenvalue weighted by atomic mass is 16.1. The van der Waals surface area contributed by atoms with Crippen LogP contribution in [0.25, 0.3) is 0 Å². The lowest BCUT2D eigenvalue weighted by atomic mass is 10.1. The maximum atomic E-state index is 12.1. The van der Waals surface area contributed by atoms with Gasteiger partial charge in [0.1, 0.15) is 6.29 Å². The molecular formula is C20H29NO4. The largest absolute Gasteiger partial charge is 0.326 e. The van der Waals surface area contributed by atoms with E-state index in [-0.39, 0.29) is 23.0 Å². The van der Waals surface area contributed by atoms with Crippen LogP contribution in [0.3, 0.4) is 0 Å². The number of rotatable bonds is 13. The Bertz CT molecular complexity index is 570. The summed E-state index contributed by atoms with van der Waals surface area (Å²) in [5.74, 6) is -0.469. The lowest BCUT2D eigenvalue weighted by molar-refractivity contribution is -0.120. The smallest absolute Gasteiger partial charge is 0.224 e. The highest BCUT2D eigenvalue weighted by Crippen LogP contribution is 2.09. The van der Waals surface area contributed by atoms with Gasteiger partial charge in [-0.3, -0.25) is 14.4 Å². The Labute approximate surface area is 150 Å². The van der Waals surface area contributed by atoms with Gasteiger partial charge in [-0.2, -0.15) is 0 Å². The van der Waals surface area contributed by atoms with Crippen molar-refractivity contribution in [3.63, 3.8) is 0 Å². The molecule has 0 unspecified atom stereocenters. The highest BCUT2D eigenvalue weighted by Gasteiger charge is 2.07. The summed E-state index contributed by atoms with van der Waals surface area (Å²) in [7, 11) is 0. The van der Waals surface area contributed by atoms with E-state index in [1.807, 2.05) is 0 Å². The second kappa shape index (κ2) is 13.0. The van der Waals surface area contributed by atoms with E-state index in [0.717, 1.165) is 38.4 Å². The van der Waals surface area contributed by atoms with Crippen molar-refractivity contribution in [2.24, 2.45) is 0 Å². The molecule has 0 aromatic heterocycles. The number of unbranched alkanes of at least 4 members (excludes halogenated alkanes) is 5. The third-order valence-electron chi connectivity index (χ3n) is 3.72. The van der Waals surface area contributed by atoms with E-state index in [1.165, 1.54) is 19.9 Å². The summed E-state index contributed by atoms with van der Waals surface area (Å²) in [5.41, 5.74) is 1.14. The number of Topliss-reactive ketones (excluding diaryl/α,β-unsaturated/α-hetero) is 2. The van der Waals surface area contributed by atoms with E-state index in [1.54, 1.807) is 13.0 Å². The monoisotopic (exact) mass is 347 g/mol. The number of carbonyl (C=O) groups excluding carboxylic acids is 4. The van der Waals surface area contributed by atoms with Crippen molar-refractivity contribution in [1.29, 1.82) is 0 Å². The number of nitrogens with one attached hydrogen (secondary N) is 1. The first-order valence-electron chi connectivity index (χ1n) is 8.62. The minimum atomic E-state index is -0.198. The Morgan fingerprint density at radius 3 is 2.04 bits per heavy atom. The van der Waals surface area contributed by atoms with Crippen molar-refractivity contribution < 1.29 is 19.2 Å². The molecule has 0 saturated carbocycles. The molecule has 5 heteroatoms. The molecule has 138 valence electrons. The zero-order valence-electron chi connectivity index (χ0n) is 15.5. The molecule has 0 aromatic rings. The third-order valence-corrected chi connectivity index (χ3v) is 3.72. The van der Waals surface area contributed by atoms with E-state index < -0.39 is 0 Å². The summed E-state index contributed by atoms with van der Waals surface area (Å²) >= 11 is 0. The van der Waals surface area contributed by atoms with Crippen molar-refractivity contribution in [3.8, 4) is 0 Å². The van der Waals surface area contributed by atoms with Crippen molar-refractivity contribution in [2.75, 3.05) is 0 Å². The number of aldehydes is 1. The summed E-state index contributed by atoms with van der Waals surface area (Å²) in [5, 5.41) is 2.73. The topological polar surface area (TPSA) is 80.3 Å². The molecule has 1 N–H and O–H groups in total. The molecule has 0 spiro atoms. The van der Waals surface area contributed by atoms with Crippen LogP contribution in [0.2, 0.25) is 0 Å². The molecule has 0 radical (unpaired) electrons. The van der Waals surface area contributed by atoms with Gasteiger partial charge < -0.3 is 10.1 Å². The van der Waals surface area contributed by atoms with Gasteiger partial charge in [0.25, 0.3) is 0 Å². The second-order valence-corrected chi connectivity index (χ2v) is 6.09. The van der Waals surface area contributed by atoms with Crippen LogP contribution >= 0.6 is 0 Å². The van der Waals surface area contributed by atoms with E-state index in [0.29, 0.717) is 24.1 Å². The van der Waals surface area contributed by atoms with Crippen molar-refractivity contribution in [3.05, 3.63) is 35.6 Å². The fraction of sp³-hybridized carbons (Fsp3) is 0.500. The fourth-order valence-corrected chi connectivity index (χ4v) is 2.01. The normalized spacial score (nSPS) is 11.8. The van der Waals surface area contributed by atoms with Gasteiger partial charge in [-0.05, 0) is 51.3 Å². The van der Waals surface area contributed by atoms with Gasteiger partial charge >= 0.3 is 0 Å². The van der Waals surface area contributed by atoms with Crippen LogP contribution < -0.4 is 5.32 Å². The number of carbonyl (C=O) groups is 4. The Hall–Kier alpha value is -2.30. The van der Waals surface area contributed by atoms with E-state index >= 15 is 0 Å². The molecule has 0 heterocycles. The molecule has 0 saturated heterocycles. The van der Waals surface area contributed by atoms with Crippen LogP contribution in [0, 0.1) is 0 Å². The van der Waals surface area contributed by atoms with Crippen molar-refractivity contribution >= 4 is 23.8 Å². The Kier molecular flexibility index (Phi) is 11.8. The number of amides is 1. The SMILES string of the molecule is C=C(/C=C(\C=C(/C)C(C)=O)NC(=O)CCCCCCCC=O)C(C)=O. The molecule has 25 heavy (non-hydrogen) atoms. The van der Waals surface area contributed by atoms with Gasteiger partial charge in [0.2, 0.25) is 5.91 Å². The zero-order chi connectivity index (χ0) is 19.2. The van der Waals surface area contributed by atoms with E-state index in [9.17, 15) is 19.2 Å². The van der Waals surface area contributed by atoms with Crippen molar-refractivity contribution in [2.45, 2.75) is 65.7 Å². The average molecular weight is 347 g/mol. The van der Waals surface area contributed by atoms with Crippen LogP contribution in [0.15, 0.2) is 35.6 Å². The quantitative estimate of drug-likeness (QED) is 0.239. The molecule has 5 nitrogen and oxygen atoms in total. The van der Waals surface area contributed by atoms with Crippen LogP contribution in [0.5, 0.6) is 0 Å². The molecule has 0 aromatic carbocycles. The van der Waals surface area contributed by atoms with Gasteiger partial charge in [0.15, 0.2) is 11.6 Å². The van der Waals surface area contributed by atoms with Crippen LogP contribution in [0.1, 0.15) is 65.7 Å². The molecular weight excluding hydrogens is 318 g/mol. The highest BCUT2D eigenvalue weighted by molar-refractivity contribution is 5.96. The zero-order valence-corrected chi connectivity index (χ0v) is 15.5. The number of ketones is 2. The van der Waals surface area contributed by atoms with Crippen LogP contribution in [-0.2, 0) is 19.2 Å². The molecule has 0 aliphatic carbocycles. The Balaban J connectivity index is 4.59. The van der Waals surface area contributed by atoms with Crippen LogP contribution in [0.4, 0.5) is 0 Å². The Morgan fingerprint density at radius 2 is 1.48 bits per heavy atom. The molecule has 0 aliphatic heterocycles. The maximum absolute atomic E-state index is 12.1. The minimum Gasteiger partial charge on any atom is -0.326 e. The molecule has 0 atom stereocenters. The van der Waals surface area contributed by atoms with E-state index in [2.05, 4.69) is 11.9 Å². The fourth-order valence-electron chi connectivity index (χ4n) is 2.01. The summed E-state index contributed by atoms with van der Waals surface area (Å²) in [6, 6.07) is 0. The summed E-state index contributed by atoms with van der Waals surface area (Å²) in [6.45, 7) is 8.13. The minimum absolute atomic E-state index is 0.107. The first kappa shape index (κ1) is 22.7. The third kappa shape index (κ3) is 11.8. The predicted octanol–water partition coefficient (Wildman–Crippen LogP) is 3.60. The second-order valence-electron chi connectivity index (χ2n) is 6.09. The first-order valence-corrected chi connectivity index (χ1v) is 8.62. The van der Waals surface area contributed by atoms with Gasteiger partial charge in [-0.15, -0.1) is 0 Å². The summed E-state index contributed by atoms with van der Waals surface area (Å²) < 4.78 is 0. The van der Waals surface area contributed by atoms with E-state index in [4.69, 9.17) is 0 Å². The Morgan fingerprint density at radius 1 is 0.880 bits per heavy atom. The number of hydrogen-bond acceptors (Lipinski definition) is 4. The van der Waals surface area contributed by atoms with Gasteiger partial charge in [-0.25, -0.2) is 0 Å². The average Bonchev–Trinajstić information content (AvgIpc) is 2.53. The lowest BCUT2D eigenvalue weighted by Gasteiger charge is -2.08. The lowest BCUT2D eigenvalue weighted by Crippen LogP contribution is -2.22.